The second-order valence-corrected chi connectivity index (χ2v) is 5.63. The van der Waals surface area contributed by atoms with Gasteiger partial charge in [0.05, 0.1) is 13.2 Å². The van der Waals surface area contributed by atoms with Crippen LogP contribution in [0, 0.1) is 5.92 Å². The second-order valence-electron chi connectivity index (χ2n) is 5.63. The van der Waals surface area contributed by atoms with Crippen LogP contribution in [0.2, 0.25) is 0 Å². The number of nitrogens with zero attached hydrogens (tertiary/aromatic N) is 2. The van der Waals surface area contributed by atoms with E-state index in [9.17, 15) is 14.4 Å². The molecule has 0 spiro atoms. The highest BCUT2D eigenvalue weighted by Gasteiger charge is 2.31. The number of hydrogen-bond donors (Lipinski definition) is 0. The maximum Gasteiger partial charge on any atom is 0.410 e. The van der Waals surface area contributed by atoms with Gasteiger partial charge in [0.2, 0.25) is 5.91 Å². The van der Waals surface area contributed by atoms with Crippen molar-refractivity contribution >= 4 is 18.0 Å². The van der Waals surface area contributed by atoms with E-state index in [-0.39, 0.29) is 18.4 Å². The maximum absolute atomic E-state index is 12.3. The molecule has 0 aromatic rings. The van der Waals surface area contributed by atoms with Crippen molar-refractivity contribution < 1.29 is 23.9 Å². The number of amides is 2. The Kier molecular flexibility index (Phi) is 8.52. The average molecular weight is 316 g/mol. The first-order valence-corrected chi connectivity index (χ1v) is 7.46. The number of ether oxygens (including phenoxy) is 2. The summed E-state index contributed by atoms with van der Waals surface area (Å²) in [5, 5.41) is 0. The quantitative estimate of drug-likeness (QED) is 0.665. The fourth-order valence-corrected chi connectivity index (χ4v) is 1.56. The van der Waals surface area contributed by atoms with E-state index in [2.05, 4.69) is 0 Å². The molecule has 0 radical (unpaired) electrons. The summed E-state index contributed by atoms with van der Waals surface area (Å²) >= 11 is 0. The minimum atomic E-state index is -0.732. The van der Waals surface area contributed by atoms with Crippen molar-refractivity contribution in [3.8, 4) is 0 Å². The zero-order chi connectivity index (χ0) is 17.4. The van der Waals surface area contributed by atoms with Gasteiger partial charge >= 0.3 is 12.1 Å². The Hall–Kier alpha value is -1.79. The van der Waals surface area contributed by atoms with Gasteiger partial charge in [-0.25, -0.2) is 9.59 Å². The Labute approximate surface area is 132 Å². The molecule has 0 bridgehead atoms. The van der Waals surface area contributed by atoms with E-state index < -0.39 is 24.1 Å². The lowest BCUT2D eigenvalue weighted by Gasteiger charge is -2.30. The summed E-state index contributed by atoms with van der Waals surface area (Å²) in [4.78, 5) is 38.4. The predicted octanol–water partition coefficient (Wildman–Crippen LogP) is 1.51. The van der Waals surface area contributed by atoms with E-state index in [1.54, 1.807) is 20.8 Å². The molecule has 0 aromatic carbocycles. The molecule has 0 aliphatic carbocycles. The van der Waals surface area contributed by atoms with Gasteiger partial charge in [-0.2, -0.15) is 0 Å². The van der Waals surface area contributed by atoms with Gasteiger partial charge in [0.1, 0.15) is 12.1 Å². The van der Waals surface area contributed by atoms with Gasteiger partial charge < -0.3 is 14.4 Å². The fraction of sp³-hybridized carbons (Fsp3) is 0.800. The molecule has 0 aliphatic rings. The van der Waals surface area contributed by atoms with Crippen LogP contribution in [0.3, 0.4) is 0 Å². The third-order valence-electron chi connectivity index (χ3n) is 3.32. The largest absolute Gasteiger partial charge is 0.464 e. The maximum atomic E-state index is 12.3. The molecule has 0 aromatic heterocycles. The molecular weight excluding hydrogens is 288 g/mol. The number of carbonyl (C=O) groups excluding carboxylic acids is 3. The van der Waals surface area contributed by atoms with Crippen LogP contribution >= 0.6 is 0 Å². The van der Waals surface area contributed by atoms with Crippen LogP contribution in [-0.2, 0) is 19.1 Å². The highest BCUT2D eigenvalue weighted by molar-refractivity contribution is 5.89. The summed E-state index contributed by atoms with van der Waals surface area (Å²) in [6, 6.07) is -1.45. The number of carbonyl (C=O) groups is 3. The molecule has 0 saturated carbocycles. The van der Waals surface area contributed by atoms with Crippen molar-refractivity contribution in [2.75, 3.05) is 27.3 Å². The van der Waals surface area contributed by atoms with Gasteiger partial charge in [-0.05, 0) is 26.7 Å². The third kappa shape index (κ3) is 5.91. The van der Waals surface area contributed by atoms with Crippen molar-refractivity contribution in [1.29, 1.82) is 0 Å². The highest BCUT2D eigenvalue weighted by Crippen LogP contribution is 2.08. The van der Waals surface area contributed by atoms with Gasteiger partial charge in [-0.1, -0.05) is 13.8 Å². The zero-order valence-electron chi connectivity index (χ0n) is 14.6. The molecule has 7 nitrogen and oxygen atoms in total. The van der Waals surface area contributed by atoms with Gasteiger partial charge in [-0.15, -0.1) is 0 Å². The van der Waals surface area contributed by atoms with Crippen LogP contribution in [0.4, 0.5) is 4.79 Å². The number of esters is 1. The van der Waals surface area contributed by atoms with Crippen LogP contribution in [-0.4, -0.2) is 67.2 Å². The van der Waals surface area contributed by atoms with E-state index in [4.69, 9.17) is 9.47 Å². The van der Waals surface area contributed by atoms with Gasteiger partial charge in [-0.3, -0.25) is 9.69 Å². The third-order valence-corrected chi connectivity index (χ3v) is 3.32. The molecule has 0 N–H and O–H groups in total. The number of rotatable bonds is 7. The van der Waals surface area contributed by atoms with E-state index >= 15 is 0 Å². The first kappa shape index (κ1) is 20.2. The van der Waals surface area contributed by atoms with Crippen molar-refractivity contribution in [2.24, 2.45) is 5.92 Å². The standard InChI is InChI=1S/C15H28N2O5/c1-8-21-15(20)17(7)11(4)13(18)16(6)12(5)14(19)22-9-10(2)3/h10-12H,8-9H2,1-7H3. The molecule has 0 fully saturated rings. The predicted molar refractivity (Wildman–Crippen MR) is 82.3 cm³/mol. The molecule has 128 valence electrons. The summed E-state index contributed by atoms with van der Waals surface area (Å²) in [6.07, 6.45) is -0.577. The summed E-state index contributed by atoms with van der Waals surface area (Å²) in [5.41, 5.74) is 0. The van der Waals surface area contributed by atoms with E-state index in [1.807, 2.05) is 13.8 Å². The monoisotopic (exact) mass is 316 g/mol. The first-order valence-electron chi connectivity index (χ1n) is 7.46. The van der Waals surface area contributed by atoms with Gasteiger partial charge in [0.15, 0.2) is 0 Å². The molecule has 2 unspecified atom stereocenters. The average Bonchev–Trinajstić information content (AvgIpc) is 2.48. The summed E-state index contributed by atoms with van der Waals surface area (Å²) in [5.74, 6) is -0.592. The molecule has 0 aliphatic heterocycles. The normalized spacial score (nSPS) is 13.3. The van der Waals surface area contributed by atoms with Crippen molar-refractivity contribution in [3.63, 3.8) is 0 Å². The molecule has 0 saturated heterocycles. The molecule has 7 heteroatoms. The first-order chi connectivity index (χ1) is 10.1. The topological polar surface area (TPSA) is 76.2 Å². The van der Waals surface area contributed by atoms with Gasteiger partial charge in [0, 0.05) is 14.1 Å². The lowest BCUT2D eigenvalue weighted by Crippen LogP contribution is -2.51. The Bertz CT molecular complexity index is 397. The molecule has 0 rings (SSSR count). The number of likely N-dealkylation sites (N-methyl/N-ethyl adjacent to an activating group) is 2. The van der Waals surface area contributed by atoms with Crippen molar-refractivity contribution in [1.82, 2.24) is 9.80 Å². The van der Waals surface area contributed by atoms with E-state index in [0.29, 0.717) is 6.61 Å². The lowest BCUT2D eigenvalue weighted by molar-refractivity contribution is -0.155. The summed E-state index contributed by atoms with van der Waals surface area (Å²) in [7, 11) is 3.00. The van der Waals surface area contributed by atoms with Gasteiger partial charge in [0.25, 0.3) is 0 Å². The molecular formula is C15H28N2O5. The molecule has 0 heterocycles. The Morgan fingerprint density at radius 3 is 1.91 bits per heavy atom. The summed E-state index contributed by atoms with van der Waals surface area (Å²) < 4.78 is 9.98. The van der Waals surface area contributed by atoms with Crippen LogP contribution in [0.15, 0.2) is 0 Å². The van der Waals surface area contributed by atoms with E-state index in [0.717, 1.165) is 0 Å². The smallest absolute Gasteiger partial charge is 0.410 e. The SMILES string of the molecule is CCOC(=O)N(C)C(C)C(=O)N(C)C(C)C(=O)OCC(C)C. The van der Waals surface area contributed by atoms with Crippen LogP contribution < -0.4 is 0 Å². The van der Waals surface area contributed by atoms with Crippen LogP contribution in [0.1, 0.15) is 34.6 Å². The molecule has 2 amide bonds. The Morgan fingerprint density at radius 1 is 0.909 bits per heavy atom. The minimum absolute atomic E-state index is 0.228. The molecule has 22 heavy (non-hydrogen) atoms. The zero-order valence-corrected chi connectivity index (χ0v) is 14.6. The van der Waals surface area contributed by atoms with Crippen LogP contribution in [0.25, 0.3) is 0 Å². The lowest BCUT2D eigenvalue weighted by atomic mass is 10.2. The molecule has 2 atom stereocenters. The fourth-order valence-electron chi connectivity index (χ4n) is 1.56. The highest BCUT2D eigenvalue weighted by atomic mass is 16.6. The van der Waals surface area contributed by atoms with Crippen molar-refractivity contribution in [2.45, 2.75) is 46.7 Å². The van der Waals surface area contributed by atoms with Crippen LogP contribution in [0.5, 0.6) is 0 Å². The number of hydrogen-bond acceptors (Lipinski definition) is 5. The van der Waals surface area contributed by atoms with Crippen molar-refractivity contribution in [3.05, 3.63) is 0 Å². The summed E-state index contributed by atoms with van der Waals surface area (Å²) in [6.45, 7) is 9.28. The minimum Gasteiger partial charge on any atom is -0.464 e. The Balaban J connectivity index is 4.69. The Morgan fingerprint density at radius 2 is 1.45 bits per heavy atom. The van der Waals surface area contributed by atoms with E-state index in [1.165, 1.54) is 23.9 Å². The second kappa shape index (κ2) is 9.27.